The molecule has 0 N–H and O–H groups in total. The van der Waals surface area contributed by atoms with Gasteiger partial charge in [0.25, 0.3) is 11.5 Å². The normalized spacial score (nSPS) is 18.1. The minimum absolute atomic E-state index is 0.0785. The summed E-state index contributed by atoms with van der Waals surface area (Å²) in [5.74, 6) is -4.16. The zero-order valence-electron chi connectivity index (χ0n) is 19.6. The number of alkyl halides is 2. The molecule has 2 aliphatic rings. The van der Waals surface area contributed by atoms with Gasteiger partial charge in [-0.2, -0.15) is 5.10 Å². The van der Waals surface area contributed by atoms with Crippen molar-refractivity contribution >= 4 is 28.0 Å². The number of hydrogen-bond donors (Lipinski definition) is 0. The van der Waals surface area contributed by atoms with Gasteiger partial charge in [0, 0.05) is 43.2 Å². The van der Waals surface area contributed by atoms with Crippen LogP contribution in [0, 0.1) is 17.2 Å². The molecule has 4 heterocycles. The molecule has 188 valence electrons. The molecule has 1 aliphatic heterocycles. The number of aromatic nitrogens is 5. The average Bonchev–Trinajstić information content (AvgIpc) is 3.23. The molecule has 0 amide bonds. The molecule has 0 bridgehead atoms. The molecule has 1 aromatic carbocycles. The number of halogens is 4. The molecule has 1 saturated carbocycles. The molecule has 6 rings (SSSR count). The lowest BCUT2D eigenvalue weighted by atomic mass is 9.55. The standard InChI is InChI=1S/C25H24ClF3N6O/c1-33-23(36)22-17(10-31-33)18(4-5-19(22)26)25(28,29)16-8-24(9-16)12-34(13-24)6-2-3-15-7-21-32-30-14-35(21)11-20(15)27/h4-5,7,10-11,14,16H,2-3,6,8-9,12-13H2,1H3. The zero-order valence-corrected chi connectivity index (χ0v) is 20.4. The van der Waals surface area contributed by atoms with Gasteiger partial charge in [-0.05, 0) is 55.3 Å². The molecule has 0 unspecified atom stereocenters. The summed E-state index contributed by atoms with van der Waals surface area (Å²) < 4.78 is 48.1. The monoisotopic (exact) mass is 516 g/mol. The summed E-state index contributed by atoms with van der Waals surface area (Å²) in [6, 6.07) is 4.40. The van der Waals surface area contributed by atoms with E-state index in [0.717, 1.165) is 30.7 Å². The van der Waals surface area contributed by atoms with Crippen LogP contribution in [0.3, 0.4) is 0 Å². The van der Waals surface area contributed by atoms with Crippen LogP contribution in [-0.4, -0.2) is 48.9 Å². The van der Waals surface area contributed by atoms with Crippen LogP contribution in [0.1, 0.15) is 30.4 Å². The summed E-state index contributed by atoms with van der Waals surface area (Å²) in [7, 11) is 1.47. The Balaban J connectivity index is 1.07. The molecule has 0 atom stereocenters. The minimum atomic E-state index is -3.08. The Morgan fingerprint density at radius 2 is 2.03 bits per heavy atom. The van der Waals surface area contributed by atoms with Gasteiger partial charge in [-0.1, -0.05) is 17.7 Å². The van der Waals surface area contributed by atoms with E-state index < -0.39 is 17.4 Å². The fraction of sp³-hybridized carbons (Fsp3) is 0.440. The zero-order chi connectivity index (χ0) is 25.2. The second-order valence-corrected chi connectivity index (χ2v) is 10.6. The summed E-state index contributed by atoms with van der Waals surface area (Å²) in [5.41, 5.74) is 0.455. The van der Waals surface area contributed by atoms with Crippen LogP contribution in [0.15, 0.2) is 41.7 Å². The average molecular weight is 517 g/mol. The SMILES string of the molecule is Cn1ncc2c(C(F)(F)C3CC4(C3)CN(CCCc3cc5nncn5cc3F)C4)ccc(Cl)c2c1=O. The van der Waals surface area contributed by atoms with Gasteiger partial charge in [-0.3, -0.25) is 9.20 Å². The molecule has 1 saturated heterocycles. The molecule has 7 nitrogen and oxygen atoms in total. The van der Waals surface area contributed by atoms with Crippen LogP contribution in [0.5, 0.6) is 0 Å². The first-order valence-corrected chi connectivity index (χ1v) is 12.3. The van der Waals surface area contributed by atoms with Gasteiger partial charge in [-0.25, -0.2) is 17.9 Å². The van der Waals surface area contributed by atoms with Crippen LogP contribution in [0.4, 0.5) is 13.2 Å². The van der Waals surface area contributed by atoms with Gasteiger partial charge in [0.05, 0.1) is 16.6 Å². The molecular weight excluding hydrogens is 493 g/mol. The first-order chi connectivity index (χ1) is 17.2. The van der Waals surface area contributed by atoms with E-state index in [2.05, 4.69) is 20.2 Å². The fourth-order valence-corrected chi connectivity index (χ4v) is 6.19. The van der Waals surface area contributed by atoms with Crippen molar-refractivity contribution in [3.05, 3.63) is 69.2 Å². The number of pyridine rings is 1. The molecule has 11 heteroatoms. The Morgan fingerprint density at radius 3 is 2.81 bits per heavy atom. The number of likely N-dealkylation sites (tertiary alicyclic amines) is 1. The number of nitrogens with zero attached hydrogens (tertiary/aromatic N) is 6. The van der Waals surface area contributed by atoms with E-state index in [1.807, 2.05) is 0 Å². The Bertz CT molecular complexity index is 1540. The van der Waals surface area contributed by atoms with Gasteiger partial charge in [0.2, 0.25) is 0 Å². The Kier molecular flexibility index (Phi) is 5.38. The minimum Gasteiger partial charge on any atom is -0.302 e. The maximum atomic E-state index is 15.6. The lowest BCUT2D eigenvalue weighted by Gasteiger charge is -2.60. The first-order valence-electron chi connectivity index (χ1n) is 11.9. The Labute approximate surface area is 209 Å². The highest BCUT2D eigenvalue weighted by Crippen LogP contribution is 2.59. The molecular formula is C25H24ClF3N6O. The van der Waals surface area contributed by atoms with Crippen LogP contribution in [0.2, 0.25) is 5.02 Å². The predicted molar refractivity (Wildman–Crippen MR) is 129 cm³/mol. The van der Waals surface area contributed by atoms with Gasteiger partial charge in [0.15, 0.2) is 5.65 Å². The van der Waals surface area contributed by atoms with Crippen molar-refractivity contribution in [3.63, 3.8) is 0 Å². The van der Waals surface area contributed by atoms with Crippen molar-refractivity contribution < 1.29 is 13.2 Å². The Morgan fingerprint density at radius 1 is 1.25 bits per heavy atom. The predicted octanol–water partition coefficient (Wildman–Crippen LogP) is 4.21. The molecule has 4 aromatic rings. The van der Waals surface area contributed by atoms with Gasteiger partial charge >= 0.3 is 0 Å². The summed E-state index contributed by atoms with van der Waals surface area (Å²) in [6.07, 6.45) is 6.36. The van der Waals surface area contributed by atoms with Crippen LogP contribution < -0.4 is 5.56 Å². The fourth-order valence-electron chi connectivity index (χ4n) is 5.94. The van der Waals surface area contributed by atoms with Crippen molar-refractivity contribution in [1.29, 1.82) is 0 Å². The third-order valence-corrected chi connectivity index (χ3v) is 8.11. The lowest BCUT2D eigenvalue weighted by Crippen LogP contribution is -2.64. The lowest BCUT2D eigenvalue weighted by molar-refractivity contribution is -0.185. The van der Waals surface area contributed by atoms with E-state index in [1.54, 1.807) is 10.5 Å². The molecule has 1 spiro atoms. The van der Waals surface area contributed by atoms with E-state index >= 15 is 8.78 Å². The quantitative estimate of drug-likeness (QED) is 0.384. The summed E-state index contributed by atoms with van der Waals surface area (Å²) >= 11 is 6.17. The van der Waals surface area contributed by atoms with Gasteiger partial charge in [0.1, 0.15) is 12.1 Å². The third kappa shape index (κ3) is 3.69. The van der Waals surface area contributed by atoms with E-state index in [1.165, 1.54) is 37.9 Å². The van der Waals surface area contributed by atoms with Crippen molar-refractivity contribution in [2.45, 2.75) is 31.6 Å². The van der Waals surface area contributed by atoms with Gasteiger partial charge < -0.3 is 4.90 Å². The smallest absolute Gasteiger partial charge is 0.276 e. The second kappa shape index (κ2) is 8.27. The largest absolute Gasteiger partial charge is 0.302 e. The number of fused-ring (bicyclic) bond motifs is 2. The molecule has 2 fully saturated rings. The summed E-state index contributed by atoms with van der Waals surface area (Å²) in [5, 5.41) is 12.0. The van der Waals surface area contributed by atoms with Crippen LogP contribution in [-0.2, 0) is 19.4 Å². The van der Waals surface area contributed by atoms with Crippen molar-refractivity contribution in [1.82, 2.24) is 29.3 Å². The van der Waals surface area contributed by atoms with Crippen molar-refractivity contribution in [2.75, 3.05) is 19.6 Å². The summed E-state index contributed by atoms with van der Waals surface area (Å²) in [6.45, 7) is 2.33. The maximum Gasteiger partial charge on any atom is 0.276 e. The maximum absolute atomic E-state index is 15.6. The number of rotatable bonds is 6. The number of aryl methyl sites for hydroxylation is 2. The molecule has 1 aliphatic carbocycles. The van der Waals surface area contributed by atoms with Crippen LogP contribution in [0.25, 0.3) is 16.4 Å². The number of hydrogen-bond acceptors (Lipinski definition) is 5. The highest BCUT2D eigenvalue weighted by Gasteiger charge is 2.59. The van der Waals surface area contributed by atoms with E-state index in [4.69, 9.17) is 11.6 Å². The molecule has 3 aromatic heterocycles. The second-order valence-electron chi connectivity index (χ2n) is 10.2. The van der Waals surface area contributed by atoms with E-state index in [-0.39, 0.29) is 32.6 Å². The van der Waals surface area contributed by atoms with Crippen molar-refractivity contribution in [3.8, 4) is 0 Å². The highest BCUT2D eigenvalue weighted by atomic mass is 35.5. The van der Waals surface area contributed by atoms with Crippen molar-refractivity contribution in [2.24, 2.45) is 18.4 Å². The Hall–Kier alpha value is -2.98. The van der Waals surface area contributed by atoms with Gasteiger partial charge in [-0.15, -0.1) is 10.2 Å². The highest BCUT2D eigenvalue weighted by molar-refractivity contribution is 6.35. The first kappa shape index (κ1) is 23.4. The van der Waals surface area contributed by atoms with Crippen LogP contribution >= 0.6 is 11.6 Å². The third-order valence-electron chi connectivity index (χ3n) is 7.79. The summed E-state index contributed by atoms with van der Waals surface area (Å²) in [4.78, 5) is 14.7. The van der Waals surface area contributed by atoms with E-state index in [9.17, 15) is 9.18 Å². The molecule has 0 radical (unpaired) electrons. The number of benzene rings is 1. The van der Waals surface area contributed by atoms with E-state index in [0.29, 0.717) is 30.5 Å². The molecule has 36 heavy (non-hydrogen) atoms. The topological polar surface area (TPSA) is 68.3 Å².